The molecule has 0 unspecified atom stereocenters. The van der Waals surface area contributed by atoms with E-state index < -0.39 is 0 Å². The van der Waals surface area contributed by atoms with Gasteiger partial charge in [0.2, 0.25) is 0 Å². The Bertz CT molecular complexity index is 143. The molecule has 0 spiro atoms. The van der Waals surface area contributed by atoms with Gasteiger partial charge < -0.3 is 4.90 Å². The fourth-order valence-electron chi connectivity index (χ4n) is 2.36. The zero-order valence-electron chi connectivity index (χ0n) is 8.31. The van der Waals surface area contributed by atoms with Gasteiger partial charge in [-0.1, -0.05) is 13.3 Å². The highest BCUT2D eigenvalue weighted by Crippen LogP contribution is 2.51. The van der Waals surface area contributed by atoms with Crippen LogP contribution in [-0.2, 0) is 0 Å². The van der Waals surface area contributed by atoms with Gasteiger partial charge in [-0.25, -0.2) is 0 Å². The Hall–Kier alpha value is -0.0400. The topological polar surface area (TPSA) is 3.24 Å². The maximum Gasteiger partial charge on any atom is -0.00134 e. The summed E-state index contributed by atoms with van der Waals surface area (Å²) in [5.74, 6) is 0. The number of hydrogen-bond donors (Lipinski definition) is 0. The van der Waals surface area contributed by atoms with Gasteiger partial charge in [0.1, 0.15) is 0 Å². The van der Waals surface area contributed by atoms with Crippen molar-refractivity contribution in [1.82, 2.24) is 4.90 Å². The molecule has 0 aromatic heterocycles. The molecule has 1 saturated heterocycles. The lowest BCUT2D eigenvalue weighted by Crippen LogP contribution is -2.22. The first-order valence-corrected chi connectivity index (χ1v) is 5.57. The van der Waals surface area contributed by atoms with Gasteiger partial charge in [-0.15, -0.1) is 0 Å². The fraction of sp³-hybridized carbons (Fsp3) is 1.00. The van der Waals surface area contributed by atoms with Crippen molar-refractivity contribution in [2.75, 3.05) is 19.6 Å². The van der Waals surface area contributed by atoms with Crippen LogP contribution in [0.3, 0.4) is 0 Å². The fourth-order valence-corrected chi connectivity index (χ4v) is 2.36. The first kappa shape index (κ1) is 8.55. The average Bonchev–Trinajstić information content (AvgIpc) is 2.70. The molecule has 1 heterocycles. The Kier molecular flexibility index (Phi) is 2.40. The molecule has 0 atom stereocenters. The lowest BCUT2D eigenvalue weighted by Gasteiger charge is -2.18. The second kappa shape index (κ2) is 3.37. The minimum absolute atomic E-state index is 0.808. The smallest absolute Gasteiger partial charge is 0.00134 e. The highest BCUT2D eigenvalue weighted by atomic mass is 15.1. The number of hydrogen-bond acceptors (Lipinski definition) is 1. The van der Waals surface area contributed by atoms with Gasteiger partial charge >= 0.3 is 0 Å². The summed E-state index contributed by atoms with van der Waals surface area (Å²) in [6.07, 6.45) is 8.80. The van der Waals surface area contributed by atoms with E-state index in [1.165, 1.54) is 58.2 Å². The molecule has 70 valence electrons. The Labute approximate surface area is 76.1 Å². The summed E-state index contributed by atoms with van der Waals surface area (Å²) >= 11 is 0. The molecule has 1 heteroatoms. The summed E-state index contributed by atoms with van der Waals surface area (Å²) in [6.45, 7) is 6.49. The predicted octanol–water partition coefficient (Wildman–Crippen LogP) is 2.66. The largest absolute Gasteiger partial charge is 0.303 e. The van der Waals surface area contributed by atoms with Crippen molar-refractivity contribution in [1.29, 1.82) is 0 Å². The molecule has 0 amide bonds. The molecule has 0 N–H and O–H groups in total. The zero-order chi connectivity index (χ0) is 8.44. The summed E-state index contributed by atoms with van der Waals surface area (Å²) in [7, 11) is 0. The van der Waals surface area contributed by atoms with E-state index in [2.05, 4.69) is 11.8 Å². The van der Waals surface area contributed by atoms with Gasteiger partial charge in [-0.05, 0) is 57.2 Å². The van der Waals surface area contributed by atoms with Gasteiger partial charge in [0, 0.05) is 0 Å². The monoisotopic (exact) mass is 167 g/mol. The lowest BCUT2D eigenvalue weighted by atomic mass is 9.99. The number of nitrogens with zero attached hydrogens (tertiary/aromatic N) is 1. The Morgan fingerprint density at radius 1 is 1.17 bits per heavy atom. The lowest BCUT2D eigenvalue weighted by molar-refractivity contribution is 0.289. The molecule has 0 aromatic carbocycles. The first-order valence-electron chi connectivity index (χ1n) is 5.57. The van der Waals surface area contributed by atoms with Gasteiger partial charge in [0.15, 0.2) is 0 Å². The van der Waals surface area contributed by atoms with E-state index in [0.717, 1.165) is 5.41 Å². The van der Waals surface area contributed by atoms with Crippen molar-refractivity contribution < 1.29 is 0 Å². The number of rotatable bonds is 4. The Morgan fingerprint density at radius 2 is 1.83 bits per heavy atom. The van der Waals surface area contributed by atoms with Crippen LogP contribution in [0.1, 0.15) is 45.4 Å². The third-order valence-corrected chi connectivity index (χ3v) is 3.86. The van der Waals surface area contributed by atoms with Crippen molar-refractivity contribution in [2.45, 2.75) is 45.4 Å². The van der Waals surface area contributed by atoms with Gasteiger partial charge in [0.05, 0.1) is 0 Å². The van der Waals surface area contributed by atoms with Crippen LogP contribution in [0.25, 0.3) is 0 Å². The molecule has 0 radical (unpaired) electrons. The second-order valence-corrected chi connectivity index (χ2v) is 4.65. The van der Waals surface area contributed by atoms with Gasteiger partial charge in [0.25, 0.3) is 0 Å². The normalized spacial score (nSPS) is 27.8. The van der Waals surface area contributed by atoms with E-state index in [9.17, 15) is 0 Å². The van der Waals surface area contributed by atoms with Crippen molar-refractivity contribution >= 4 is 0 Å². The molecule has 1 saturated carbocycles. The quantitative estimate of drug-likeness (QED) is 0.622. The summed E-state index contributed by atoms with van der Waals surface area (Å²) < 4.78 is 0. The number of likely N-dealkylation sites (tertiary alicyclic amines) is 1. The van der Waals surface area contributed by atoms with Gasteiger partial charge in [-0.2, -0.15) is 0 Å². The van der Waals surface area contributed by atoms with Crippen LogP contribution in [0, 0.1) is 5.41 Å². The molecule has 1 aliphatic heterocycles. The van der Waals surface area contributed by atoms with Crippen LogP contribution in [0.4, 0.5) is 0 Å². The minimum Gasteiger partial charge on any atom is -0.303 e. The summed E-state index contributed by atoms with van der Waals surface area (Å²) in [6, 6.07) is 0. The van der Waals surface area contributed by atoms with Crippen LogP contribution in [-0.4, -0.2) is 24.5 Å². The SMILES string of the molecule is CCC1(CCN2CCCC2)CC1. The third-order valence-electron chi connectivity index (χ3n) is 3.86. The Balaban J connectivity index is 1.67. The van der Waals surface area contributed by atoms with Crippen LogP contribution >= 0.6 is 0 Å². The maximum atomic E-state index is 2.65. The van der Waals surface area contributed by atoms with Crippen molar-refractivity contribution in [3.8, 4) is 0 Å². The first-order chi connectivity index (χ1) is 5.85. The summed E-state index contributed by atoms with van der Waals surface area (Å²) in [5, 5.41) is 0. The molecular formula is C11H21N. The van der Waals surface area contributed by atoms with Crippen LogP contribution in [0.15, 0.2) is 0 Å². The molecule has 1 nitrogen and oxygen atoms in total. The van der Waals surface area contributed by atoms with Crippen LogP contribution in [0.2, 0.25) is 0 Å². The third kappa shape index (κ3) is 1.82. The maximum absolute atomic E-state index is 2.65. The van der Waals surface area contributed by atoms with Crippen molar-refractivity contribution in [2.24, 2.45) is 5.41 Å². The van der Waals surface area contributed by atoms with Crippen molar-refractivity contribution in [3.05, 3.63) is 0 Å². The van der Waals surface area contributed by atoms with E-state index in [1.54, 1.807) is 0 Å². The molecular weight excluding hydrogens is 146 g/mol. The van der Waals surface area contributed by atoms with Crippen molar-refractivity contribution in [3.63, 3.8) is 0 Å². The predicted molar refractivity (Wildman–Crippen MR) is 52.2 cm³/mol. The van der Waals surface area contributed by atoms with E-state index >= 15 is 0 Å². The molecule has 0 aromatic rings. The standard InChI is InChI=1S/C11H21N/c1-2-11(5-6-11)7-10-12-8-3-4-9-12/h2-10H2,1H3. The molecule has 2 aliphatic rings. The van der Waals surface area contributed by atoms with Crippen LogP contribution < -0.4 is 0 Å². The molecule has 2 fully saturated rings. The van der Waals surface area contributed by atoms with E-state index in [1.807, 2.05) is 0 Å². The van der Waals surface area contributed by atoms with E-state index in [4.69, 9.17) is 0 Å². The average molecular weight is 167 g/mol. The van der Waals surface area contributed by atoms with E-state index in [0.29, 0.717) is 0 Å². The molecule has 2 rings (SSSR count). The van der Waals surface area contributed by atoms with Gasteiger partial charge in [-0.3, -0.25) is 0 Å². The highest BCUT2D eigenvalue weighted by Gasteiger charge is 2.40. The van der Waals surface area contributed by atoms with E-state index in [-0.39, 0.29) is 0 Å². The zero-order valence-corrected chi connectivity index (χ0v) is 8.31. The molecule has 1 aliphatic carbocycles. The summed E-state index contributed by atoms with van der Waals surface area (Å²) in [5.41, 5.74) is 0.808. The Morgan fingerprint density at radius 3 is 2.33 bits per heavy atom. The second-order valence-electron chi connectivity index (χ2n) is 4.65. The molecule has 0 bridgehead atoms. The summed E-state index contributed by atoms with van der Waals surface area (Å²) in [4.78, 5) is 2.65. The minimum atomic E-state index is 0.808. The molecule has 12 heavy (non-hydrogen) atoms. The van der Waals surface area contributed by atoms with Crippen LogP contribution in [0.5, 0.6) is 0 Å². The highest BCUT2D eigenvalue weighted by molar-refractivity contribution is 4.92.